The van der Waals surface area contributed by atoms with E-state index < -0.39 is 0 Å². The van der Waals surface area contributed by atoms with Crippen molar-refractivity contribution in [2.24, 2.45) is 0 Å². The van der Waals surface area contributed by atoms with Crippen molar-refractivity contribution in [2.45, 2.75) is 25.3 Å². The molecule has 6 heteroatoms. The topological polar surface area (TPSA) is 35.6 Å². The van der Waals surface area contributed by atoms with Crippen molar-refractivity contribution in [3.8, 4) is 5.69 Å². The maximum atomic E-state index is 6.07. The van der Waals surface area contributed by atoms with E-state index in [2.05, 4.69) is 14.5 Å². The molecule has 0 N–H and O–H groups in total. The molecule has 0 radical (unpaired) electrons. The number of hydrogen-bond acceptors (Lipinski definition) is 2. The second kappa shape index (κ2) is 5.45. The van der Waals surface area contributed by atoms with Gasteiger partial charge in [0.25, 0.3) is 0 Å². The van der Waals surface area contributed by atoms with Crippen molar-refractivity contribution >= 4 is 23.2 Å². The Morgan fingerprint density at radius 3 is 2.77 bits per heavy atom. The Balaban J connectivity index is 1.58. The van der Waals surface area contributed by atoms with Crippen LogP contribution in [0.25, 0.3) is 5.69 Å². The number of aromatic nitrogens is 4. The predicted octanol–water partition coefficient (Wildman–Crippen LogP) is 4.30. The summed E-state index contributed by atoms with van der Waals surface area (Å²) in [5.41, 5.74) is 1.94. The van der Waals surface area contributed by atoms with Gasteiger partial charge in [0.1, 0.15) is 5.82 Å². The van der Waals surface area contributed by atoms with Crippen LogP contribution in [0.5, 0.6) is 0 Å². The summed E-state index contributed by atoms with van der Waals surface area (Å²) in [5.74, 6) is 1.80. The molecule has 1 aliphatic carbocycles. The third kappa shape index (κ3) is 2.64. The zero-order chi connectivity index (χ0) is 15.1. The Kier molecular flexibility index (Phi) is 3.43. The largest absolute Gasteiger partial charge is 0.329 e. The summed E-state index contributed by atoms with van der Waals surface area (Å²) in [6.07, 6.45) is 10.2. The quantitative estimate of drug-likeness (QED) is 0.713. The molecular formula is C16H14Cl2N4. The van der Waals surface area contributed by atoms with Gasteiger partial charge in [-0.2, -0.15) is 0 Å². The van der Waals surface area contributed by atoms with E-state index in [1.165, 1.54) is 18.7 Å². The lowest BCUT2D eigenvalue weighted by Crippen LogP contribution is -2.03. The lowest BCUT2D eigenvalue weighted by atomic mass is 10.3. The molecule has 0 bridgehead atoms. The smallest absolute Gasteiger partial charge is 0.112 e. The molecule has 22 heavy (non-hydrogen) atoms. The predicted molar refractivity (Wildman–Crippen MR) is 86.9 cm³/mol. The van der Waals surface area contributed by atoms with Crippen LogP contribution in [0.15, 0.2) is 43.1 Å². The Bertz CT molecular complexity index is 817. The van der Waals surface area contributed by atoms with Gasteiger partial charge in [-0.15, -0.1) is 0 Å². The molecule has 3 aromatic rings. The van der Waals surface area contributed by atoms with E-state index in [4.69, 9.17) is 23.2 Å². The van der Waals surface area contributed by atoms with E-state index >= 15 is 0 Å². The molecule has 4 nitrogen and oxygen atoms in total. The number of benzene rings is 1. The van der Waals surface area contributed by atoms with E-state index in [9.17, 15) is 0 Å². The molecule has 1 fully saturated rings. The van der Waals surface area contributed by atoms with Crippen molar-refractivity contribution < 1.29 is 0 Å². The van der Waals surface area contributed by atoms with E-state index in [0.29, 0.717) is 16.0 Å². The average Bonchev–Trinajstić information content (AvgIpc) is 3.07. The molecule has 2 aromatic heterocycles. The monoisotopic (exact) mass is 332 g/mol. The van der Waals surface area contributed by atoms with Crippen LogP contribution < -0.4 is 0 Å². The molecule has 0 saturated heterocycles. The van der Waals surface area contributed by atoms with Gasteiger partial charge in [-0.25, -0.2) is 9.97 Å². The molecule has 1 saturated carbocycles. The van der Waals surface area contributed by atoms with Gasteiger partial charge < -0.3 is 9.13 Å². The van der Waals surface area contributed by atoms with E-state index in [-0.39, 0.29) is 0 Å². The van der Waals surface area contributed by atoms with Gasteiger partial charge in [-0.3, -0.25) is 0 Å². The molecule has 0 atom stereocenters. The van der Waals surface area contributed by atoms with E-state index in [0.717, 1.165) is 17.9 Å². The summed E-state index contributed by atoms with van der Waals surface area (Å²) in [6, 6.07) is 5.55. The van der Waals surface area contributed by atoms with Crippen LogP contribution >= 0.6 is 23.2 Å². The number of rotatable bonds is 4. The lowest BCUT2D eigenvalue weighted by molar-refractivity contribution is 0.714. The summed E-state index contributed by atoms with van der Waals surface area (Å²) in [7, 11) is 0. The fourth-order valence-electron chi connectivity index (χ4n) is 2.56. The third-order valence-electron chi connectivity index (χ3n) is 3.86. The minimum absolute atomic E-state index is 0.542. The highest BCUT2D eigenvalue weighted by atomic mass is 35.5. The van der Waals surface area contributed by atoms with Crippen molar-refractivity contribution in [3.05, 3.63) is 64.7 Å². The molecule has 0 amide bonds. The van der Waals surface area contributed by atoms with Crippen molar-refractivity contribution in [3.63, 3.8) is 0 Å². The number of imidazole rings is 2. The highest BCUT2D eigenvalue weighted by Gasteiger charge is 2.27. The molecular weight excluding hydrogens is 319 g/mol. The standard InChI is InChI=1S/C16H14Cl2N4/c17-14-4-3-13(7-15(14)18)22-9-12(20-10-22)8-21-6-5-19-16(21)11-1-2-11/h3-7,9-11H,1-2,8H2. The Hall–Kier alpha value is -1.78. The summed E-state index contributed by atoms with van der Waals surface area (Å²) in [4.78, 5) is 8.94. The number of nitrogens with zero attached hydrogens (tertiary/aromatic N) is 4. The van der Waals surface area contributed by atoms with Crippen LogP contribution in [-0.2, 0) is 6.54 Å². The summed E-state index contributed by atoms with van der Waals surface area (Å²) < 4.78 is 4.13. The lowest BCUT2D eigenvalue weighted by Gasteiger charge is -2.05. The Labute approximate surface area is 138 Å². The highest BCUT2D eigenvalue weighted by molar-refractivity contribution is 6.42. The first-order valence-corrected chi connectivity index (χ1v) is 7.95. The van der Waals surface area contributed by atoms with Crippen LogP contribution in [0.1, 0.15) is 30.3 Å². The summed E-state index contributed by atoms with van der Waals surface area (Å²) >= 11 is 12.0. The summed E-state index contributed by atoms with van der Waals surface area (Å²) in [6.45, 7) is 0.736. The van der Waals surface area contributed by atoms with Crippen molar-refractivity contribution in [1.82, 2.24) is 19.1 Å². The molecule has 1 aliphatic rings. The first-order valence-electron chi connectivity index (χ1n) is 7.20. The number of halogens is 2. The molecule has 112 valence electrons. The fourth-order valence-corrected chi connectivity index (χ4v) is 2.85. The van der Waals surface area contributed by atoms with Gasteiger partial charge in [-0.05, 0) is 31.0 Å². The zero-order valence-corrected chi connectivity index (χ0v) is 13.3. The van der Waals surface area contributed by atoms with E-state index in [1.54, 1.807) is 12.4 Å². The first kappa shape index (κ1) is 13.9. The fraction of sp³-hybridized carbons (Fsp3) is 0.250. The molecule has 1 aromatic carbocycles. The molecule has 0 unspecified atom stereocenters. The van der Waals surface area contributed by atoms with Crippen molar-refractivity contribution in [2.75, 3.05) is 0 Å². The minimum Gasteiger partial charge on any atom is -0.329 e. The van der Waals surface area contributed by atoms with Crippen LogP contribution in [-0.4, -0.2) is 19.1 Å². The van der Waals surface area contributed by atoms with Crippen molar-refractivity contribution in [1.29, 1.82) is 0 Å². The second-order valence-corrected chi connectivity index (χ2v) is 6.37. The maximum Gasteiger partial charge on any atom is 0.112 e. The molecule has 4 rings (SSSR count). The van der Waals surface area contributed by atoms with Gasteiger partial charge in [0.05, 0.1) is 28.6 Å². The highest BCUT2D eigenvalue weighted by Crippen LogP contribution is 2.39. The van der Waals surface area contributed by atoms with Gasteiger partial charge in [0.15, 0.2) is 0 Å². The normalized spacial score (nSPS) is 14.5. The van der Waals surface area contributed by atoms with Gasteiger partial charge in [0, 0.05) is 30.2 Å². The van der Waals surface area contributed by atoms with Gasteiger partial charge >= 0.3 is 0 Å². The van der Waals surface area contributed by atoms with Crippen LogP contribution in [0, 0.1) is 0 Å². The molecule has 2 heterocycles. The second-order valence-electron chi connectivity index (χ2n) is 5.56. The first-order chi connectivity index (χ1) is 10.7. The minimum atomic E-state index is 0.542. The Morgan fingerprint density at radius 2 is 2.00 bits per heavy atom. The van der Waals surface area contributed by atoms with Crippen LogP contribution in [0.3, 0.4) is 0 Å². The summed E-state index contributed by atoms with van der Waals surface area (Å²) in [5, 5.41) is 1.10. The van der Waals surface area contributed by atoms with E-state index in [1.807, 2.05) is 35.3 Å². The van der Waals surface area contributed by atoms with Crippen LogP contribution in [0.4, 0.5) is 0 Å². The zero-order valence-electron chi connectivity index (χ0n) is 11.8. The Morgan fingerprint density at radius 1 is 1.14 bits per heavy atom. The third-order valence-corrected chi connectivity index (χ3v) is 4.60. The van der Waals surface area contributed by atoms with Gasteiger partial charge in [0.2, 0.25) is 0 Å². The van der Waals surface area contributed by atoms with Gasteiger partial charge in [-0.1, -0.05) is 23.2 Å². The SMILES string of the molecule is Clc1ccc(-n2cnc(Cn3ccnc3C3CC3)c2)cc1Cl. The molecule has 0 aliphatic heterocycles. The number of hydrogen-bond donors (Lipinski definition) is 0. The molecule has 0 spiro atoms. The average molecular weight is 333 g/mol. The maximum absolute atomic E-state index is 6.07. The van der Waals surface area contributed by atoms with Crippen LogP contribution in [0.2, 0.25) is 10.0 Å².